The summed E-state index contributed by atoms with van der Waals surface area (Å²) in [5.41, 5.74) is 6.09. The SMILES string of the molecule is Cc1ccncc1CN(c1ccccc1)C1CCN([C@H](C)CCNC(=O)c2c(C)cc(C#N)nc2C)CC1. The van der Waals surface area contributed by atoms with Crippen LogP contribution in [0.3, 0.4) is 0 Å². The topological polar surface area (TPSA) is 85.2 Å². The summed E-state index contributed by atoms with van der Waals surface area (Å²) in [7, 11) is 0. The first-order chi connectivity index (χ1) is 18.4. The summed E-state index contributed by atoms with van der Waals surface area (Å²) in [5.74, 6) is -0.118. The summed E-state index contributed by atoms with van der Waals surface area (Å²) in [6.45, 7) is 11.6. The molecule has 38 heavy (non-hydrogen) atoms. The van der Waals surface area contributed by atoms with E-state index in [4.69, 9.17) is 5.26 Å². The molecule has 1 amide bonds. The predicted octanol–water partition coefficient (Wildman–Crippen LogP) is 4.95. The fraction of sp³-hybridized carbons (Fsp3) is 0.419. The van der Waals surface area contributed by atoms with Crippen molar-refractivity contribution < 1.29 is 4.79 Å². The van der Waals surface area contributed by atoms with Gasteiger partial charge in [0.2, 0.25) is 0 Å². The molecule has 0 unspecified atom stereocenters. The molecule has 0 aliphatic carbocycles. The molecule has 198 valence electrons. The van der Waals surface area contributed by atoms with Crippen LogP contribution in [0.1, 0.15) is 64.6 Å². The third kappa shape index (κ3) is 6.56. The minimum absolute atomic E-state index is 0.118. The van der Waals surface area contributed by atoms with Crippen LogP contribution in [-0.4, -0.2) is 52.5 Å². The number of carbonyl (C=O) groups is 1. The second kappa shape index (κ2) is 12.7. The van der Waals surface area contributed by atoms with Gasteiger partial charge in [-0.25, -0.2) is 4.98 Å². The molecular weight excluding hydrogens is 472 g/mol. The number of nitriles is 1. The van der Waals surface area contributed by atoms with Crippen molar-refractivity contribution in [1.29, 1.82) is 5.26 Å². The average Bonchev–Trinajstić information content (AvgIpc) is 2.92. The van der Waals surface area contributed by atoms with Gasteiger partial charge in [-0.05, 0) is 87.9 Å². The molecule has 7 nitrogen and oxygen atoms in total. The van der Waals surface area contributed by atoms with Crippen molar-refractivity contribution in [2.24, 2.45) is 0 Å². The van der Waals surface area contributed by atoms with Gasteiger partial charge in [-0.2, -0.15) is 5.26 Å². The number of amides is 1. The Kier molecular flexibility index (Phi) is 9.09. The van der Waals surface area contributed by atoms with Crippen LogP contribution in [0.4, 0.5) is 5.69 Å². The number of pyridine rings is 2. The highest BCUT2D eigenvalue weighted by atomic mass is 16.1. The molecule has 3 aromatic rings. The maximum Gasteiger partial charge on any atom is 0.253 e. The fourth-order valence-corrected chi connectivity index (χ4v) is 5.43. The molecule has 0 saturated carbocycles. The van der Waals surface area contributed by atoms with E-state index in [2.05, 4.69) is 75.3 Å². The number of carbonyl (C=O) groups excluding carboxylic acids is 1. The number of aromatic nitrogens is 2. The Morgan fingerprint density at radius 2 is 1.89 bits per heavy atom. The smallest absolute Gasteiger partial charge is 0.253 e. The third-order valence-electron chi connectivity index (χ3n) is 7.73. The van der Waals surface area contributed by atoms with Crippen molar-refractivity contribution >= 4 is 11.6 Å². The van der Waals surface area contributed by atoms with Crippen LogP contribution in [0.15, 0.2) is 54.9 Å². The van der Waals surface area contributed by atoms with Crippen molar-refractivity contribution in [3.8, 4) is 6.07 Å². The van der Waals surface area contributed by atoms with E-state index in [1.165, 1.54) is 16.8 Å². The number of piperidine rings is 1. The van der Waals surface area contributed by atoms with Crippen molar-refractivity contribution in [3.63, 3.8) is 0 Å². The Morgan fingerprint density at radius 3 is 2.55 bits per heavy atom. The highest BCUT2D eigenvalue weighted by Gasteiger charge is 2.27. The van der Waals surface area contributed by atoms with Crippen molar-refractivity contribution in [2.45, 2.75) is 65.6 Å². The van der Waals surface area contributed by atoms with Crippen molar-refractivity contribution in [1.82, 2.24) is 20.2 Å². The molecule has 0 spiro atoms. The zero-order valence-corrected chi connectivity index (χ0v) is 22.9. The van der Waals surface area contributed by atoms with Crippen LogP contribution in [0, 0.1) is 32.1 Å². The number of anilines is 1. The highest BCUT2D eigenvalue weighted by molar-refractivity contribution is 5.96. The van der Waals surface area contributed by atoms with E-state index in [1.54, 1.807) is 13.0 Å². The van der Waals surface area contributed by atoms with Gasteiger partial charge < -0.3 is 15.1 Å². The minimum atomic E-state index is -0.118. The van der Waals surface area contributed by atoms with Crippen molar-refractivity contribution in [2.75, 3.05) is 24.5 Å². The summed E-state index contributed by atoms with van der Waals surface area (Å²) >= 11 is 0. The van der Waals surface area contributed by atoms with E-state index in [-0.39, 0.29) is 5.91 Å². The molecule has 1 aliphatic rings. The van der Waals surface area contributed by atoms with Gasteiger partial charge in [-0.3, -0.25) is 9.78 Å². The second-order valence-electron chi connectivity index (χ2n) is 10.3. The predicted molar refractivity (Wildman–Crippen MR) is 151 cm³/mol. The molecule has 4 rings (SSSR count). The summed E-state index contributed by atoms with van der Waals surface area (Å²) in [4.78, 5) is 26.5. The van der Waals surface area contributed by atoms with Crippen LogP contribution in [0.5, 0.6) is 0 Å². The maximum absolute atomic E-state index is 12.8. The first kappa shape index (κ1) is 27.3. The first-order valence-electron chi connectivity index (χ1n) is 13.5. The molecule has 3 heterocycles. The number of hydrogen-bond donors (Lipinski definition) is 1. The van der Waals surface area contributed by atoms with Gasteiger partial charge >= 0.3 is 0 Å². The molecule has 1 aliphatic heterocycles. The van der Waals surface area contributed by atoms with Gasteiger partial charge in [-0.15, -0.1) is 0 Å². The molecular formula is C31H38N6O. The third-order valence-corrected chi connectivity index (χ3v) is 7.73. The van der Waals surface area contributed by atoms with Gasteiger partial charge in [0.15, 0.2) is 0 Å². The molecule has 2 aromatic heterocycles. The van der Waals surface area contributed by atoms with E-state index >= 15 is 0 Å². The van der Waals surface area contributed by atoms with E-state index < -0.39 is 0 Å². The Balaban J connectivity index is 1.32. The molecule has 7 heteroatoms. The largest absolute Gasteiger partial charge is 0.364 e. The van der Waals surface area contributed by atoms with E-state index in [0.29, 0.717) is 35.6 Å². The second-order valence-corrected chi connectivity index (χ2v) is 10.3. The van der Waals surface area contributed by atoms with Crippen LogP contribution < -0.4 is 10.2 Å². The van der Waals surface area contributed by atoms with Crippen LogP contribution >= 0.6 is 0 Å². The molecule has 1 N–H and O–H groups in total. The van der Waals surface area contributed by atoms with Gasteiger partial charge in [-0.1, -0.05) is 18.2 Å². The van der Waals surface area contributed by atoms with E-state index in [0.717, 1.165) is 44.5 Å². The summed E-state index contributed by atoms with van der Waals surface area (Å²) in [6.07, 6.45) is 6.93. The Labute approximate surface area is 226 Å². The van der Waals surface area contributed by atoms with Gasteiger partial charge in [0.25, 0.3) is 5.91 Å². The number of likely N-dealkylation sites (tertiary alicyclic amines) is 1. The quantitative estimate of drug-likeness (QED) is 0.438. The summed E-state index contributed by atoms with van der Waals surface area (Å²) < 4.78 is 0. The number of aryl methyl sites for hydroxylation is 3. The van der Waals surface area contributed by atoms with Crippen LogP contribution in [-0.2, 0) is 6.54 Å². The van der Waals surface area contributed by atoms with Gasteiger partial charge in [0.05, 0.1) is 11.3 Å². The normalized spacial score (nSPS) is 15.0. The molecule has 1 atom stereocenters. The lowest BCUT2D eigenvalue weighted by molar-refractivity contribution is 0.0943. The zero-order chi connectivity index (χ0) is 27.1. The van der Waals surface area contributed by atoms with Gasteiger partial charge in [0, 0.05) is 56.3 Å². The molecule has 0 bridgehead atoms. The maximum atomic E-state index is 12.8. The number of nitrogens with one attached hydrogen (secondary N) is 1. The number of benzene rings is 1. The Hall–Kier alpha value is -3.76. The Morgan fingerprint density at radius 1 is 1.16 bits per heavy atom. The van der Waals surface area contributed by atoms with Crippen LogP contribution in [0.25, 0.3) is 0 Å². The van der Waals surface area contributed by atoms with E-state index in [9.17, 15) is 4.79 Å². The summed E-state index contributed by atoms with van der Waals surface area (Å²) in [5, 5.41) is 12.2. The van der Waals surface area contributed by atoms with E-state index in [1.807, 2.05) is 25.4 Å². The van der Waals surface area contributed by atoms with Crippen molar-refractivity contribution in [3.05, 3.63) is 88.5 Å². The molecule has 1 aromatic carbocycles. The number of hydrogen-bond acceptors (Lipinski definition) is 6. The number of nitrogens with zero attached hydrogens (tertiary/aromatic N) is 5. The lowest BCUT2D eigenvalue weighted by Crippen LogP contribution is -2.48. The standard InChI is InChI=1S/C31H38N6O/c1-22-10-14-33-20-26(22)21-37(28-8-6-5-7-9-28)29-12-16-36(17-13-29)24(3)11-15-34-31(38)30-23(2)18-27(19-32)35-25(30)4/h5-10,14,18,20,24,29H,11-13,15-17,21H2,1-4H3,(H,34,38)/t24-/m1/s1. The Bertz CT molecular complexity index is 1250. The highest BCUT2D eigenvalue weighted by Crippen LogP contribution is 2.27. The molecule has 0 radical (unpaired) electrons. The average molecular weight is 511 g/mol. The zero-order valence-electron chi connectivity index (χ0n) is 22.9. The van der Waals surface area contributed by atoms with Gasteiger partial charge in [0.1, 0.15) is 11.8 Å². The lowest BCUT2D eigenvalue weighted by Gasteiger charge is -2.42. The number of rotatable bonds is 9. The minimum Gasteiger partial charge on any atom is -0.364 e. The monoisotopic (exact) mass is 510 g/mol. The lowest BCUT2D eigenvalue weighted by atomic mass is 9.99. The van der Waals surface area contributed by atoms with Crippen LogP contribution in [0.2, 0.25) is 0 Å². The number of para-hydroxylation sites is 1. The summed E-state index contributed by atoms with van der Waals surface area (Å²) in [6, 6.07) is 17.4. The molecule has 1 saturated heterocycles. The fourth-order valence-electron chi connectivity index (χ4n) is 5.43. The molecule has 1 fully saturated rings. The first-order valence-corrected chi connectivity index (χ1v) is 13.5.